The van der Waals surface area contributed by atoms with E-state index in [1.165, 1.54) is 18.2 Å². The number of rotatable bonds is 3. The van der Waals surface area contributed by atoms with E-state index in [1.807, 2.05) is 6.92 Å². The molecule has 0 saturated carbocycles. The Morgan fingerprint density at radius 1 is 1.32 bits per heavy atom. The highest BCUT2D eigenvalue weighted by Crippen LogP contribution is 2.34. The maximum atomic E-state index is 13.9. The number of hydrogen-bond acceptors (Lipinski definition) is 2. The van der Waals surface area contributed by atoms with Crippen LogP contribution in [-0.2, 0) is 0 Å². The summed E-state index contributed by atoms with van der Waals surface area (Å²) in [4.78, 5) is 2.17. The van der Waals surface area contributed by atoms with Crippen molar-refractivity contribution in [2.75, 3.05) is 6.54 Å². The molecule has 106 valence electrons. The zero-order chi connectivity index (χ0) is 14.0. The Hall–Kier alpha value is -1.00. The predicted octanol–water partition coefficient (Wildman–Crippen LogP) is 3.23. The molecule has 3 unspecified atom stereocenters. The Bertz CT molecular complexity index is 416. The van der Waals surface area contributed by atoms with Crippen LogP contribution in [-0.4, -0.2) is 23.5 Å². The Morgan fingerprint density at radius 2 is 1.95 bits per heavy atom. The summed E-state index contributed by atoms with van der Waals surface area (Å²) in [5.74, 6) is -0.943. The minimum atomic E-state index is -0.471. The average Bonchev–Trinajstić information content (AvgIpc) is 2.37. The van der Waals surface area contributed by atoms with Crippen molar-refractivity contribution in [3.8, 4) is 0 Å². The van der Waals surface area contributed by atoms with Gasteiger partial charge in [0.2, 0.25) is 0 Å². The van der Waals surface area contributed by atoms with Crippen molar-refractivity contribution >= 4 is 0 Å². The second-order valence-electron chi connectivity index (χ2n) is 5.43. The first-order chi connectivity index (χ1) is 9.06. The van der Waals surface area contributed by atoms with Gasteiger partial charge in [-0.05, 0) is 38.8 Å². The van der Waals surface area contributed by atoms with E-state index in [-0.39, 0.29) is 17.6 Å². The van der Waals surface area contributed by atoms with Gasteiger partial charge in [0, 0.05) is 30.2 Å². The highest BCUT2D eigenvalue weighted by Gasteiger charge is 2.33. The average molecular weight is 268 g/mol. The normalized spacial score (nSPS) is 26.4. The monoisotopic (exact) mass is 268 g/mol. The van der Waals surface area contributed by atoms with Gasteiger partial charge < -0.3 is 5.73 Å². The van der Waals surface area contributed by atoms with E-state index >= 15 is 0 Å². The molecule has 1 saturated heterocycles. The highest BCUT2D eigenvalue weighted by atomic mass is 19.1. The summed E-state index contributed by atoms with van der Waals surface area (Å²) in [6, 6.07) is 4.27. The smallest absolute Gasteiger partial charge is 0.130 e. The Kier molecular flexibility index (Phi) is 4.53. The van der Waals surface area contributed by atoms with Crippen LogP contribution in [0.1, 0.15) is 44.7 Å². The van der Waals surface area contributed by atoms with Crippen molar-refractivity contribution in [3.63, 3.8) is 0 Å². The van der Waals surface area contributed by atoms with E-state index < -0.39 is 11.6 Å². The van der Waals surface area contributed by atoms with Crippen LogP contribution in [0.4, 0.5) is 8.78 Å². The third-order valence-electron chi connectivity index (χ3n) is 4.23. The van der Waals surface area contributed by atoms with Crippen LogP contribution in [0.5, 0.6) is 0 Å². The lowest BCUT2D eigenvalue weighted by Crippen LogP contribution is -2.50. The van der Waals surface area contributed by atoms with Crippen LogP contribution < -0.4 is 5.73 Å². The first-order valence-electron chi connectivity index (χ1n) is 6.97. The summed E-state index contributed by atoms with van der Waals surface area (Å²) < 4.78 is 27.8. The van der Waals surface area contributed by atoms with Gasteiger partial charge in [-0.25, -0.2) is 8.78 Å². The van der Waals surface area contributed by atoms with Gasteiger partial charge in [-0.15, -0.1) is 0 Å². The van der Waals surface area contributed by atoms with E-state index in [2.05, 4.69) is 11.8 Å². The summed E-state index contributed by atoms with van der Waals surface area (Å²) in [5.41, 5.74) is 5.98. The molecule has 0 aliphatic carbocycles. The molecule has 1 aromatic rings. The summed E-state index contributed by atoms with van der Waals surface area (Å²) in [5, 5.41) is 0. The zero-order valence-electron chi connectivity index (χ0n) is 11.6. The standard InChI is InChI=1S/C15H22F2N2/c1-10-5-3-6-12(9-18)19(10)11(2)15-13(16)7-4-8-14(15)17/h4,7-8,10-12H,3,5-6,9,18H2,1-2H3. The molecule has 0 spiro atoms. The Morgan fingerprint density at radius 3 is 2.53 bits per heavy atom. The van der Waals surface area contributed by atoms with E-state index in [9.17, 15) is 8.78 Å². The number of halogens is 2. The first-order valence-corrected chi connectivity index (χ1v) is 6.97. The second-order valence-corrected chi connectivity index (χ2v) is 5.43. The van der Waals surface area contributed by atoms with E-state index in [1.54, 1.807) is 0 Å². The Labute approximate surface area is 113 Å². The zero-order valence-corrected chi connectivity index (χ0v) is 11.6. The molecule has 2 rings (SSSR count). The molecule has 1 aliphatic heterocycles. The van der Waals surface area contributed by atoms with Gasteiger partial charge >= 0.3 is 0 Å². The lowest BCUT2D eigenvalue weighted by atomic mass is 9.92. The van der Waals surface area contributed by atoms with Gasteiger partial charge in [-0.1, -0.05) is 12.5 Å². The van der Waals surface area contributed by atoms with Crippen molar-refractivity contribution in [3.05, 3.63) is 35.4 Å². The maximum absolute atomic E-state index is 13.9. The topological polar surface area (TPSA) is 29.3 Å². The second kappa shape index (κ2) is 5.97. The summed E-state index contributed by atoms with van der Waals surface area (Å²) in [6.45, 7) is 4.51. The van der Waals surface area contributed by atoms with Crippen LogP contribution in [0.3, 0.4) is 0 Å². The van der Waals surface area contributed by atoms with Crippen molar-refractivity contribution in [1.82, 2.24) is 4.90 Å². The van der Waals surface area contributed by atoms with Crippen LogP contribution in [0.25, 0.3) is 0 Å². The molecule has 19 heavy (non-hydrogen) atoms. The largest absolute Gasteiger partial charge is 0.329 e. The van der Waals surface area contributed by atoms with Crippen LogP contribution in [0.2, 0.25) is 0 Å². The Balaban J connectivity index is 2.33. The van der Waals surface area contributed by atoms with Crippen LogP contribution in [0.15, 0.2) is 18.2 Å². The number of nitrogens with zero attached hydrogens (tertiary/aromatic N) is 1. The molecule has 2 N–H and O–H groups in total. The molecule has 3 atom stereocenters. The fourth-order valence-corrected chi connectivity index (χ4v) is 3.30. The number of benzene rings is 1. The van der Waals surface area contributed by atoms with Gasteiger partial charge in [0.15, 0.2) is 0 Å². The van der Waals surface area contributed by atoms with E-state index in [0.29, 0.717) is 12.6 Å². The lowest BCUT2D eigenvalue weighted by Gasteiger charge is -2.44. The quantitative estimate of drug-likeness (QED) is 0.912. The first kappa shape index (κ1) is 14.4. The van der Waals surface area contributed by atoms with Gasteiger partial charge in [0.1, 0.15) is 11.6 Å². The van der Waals surface area contributed by atoms with Crippen LogP contribution in [0, 0.1) is 11.6 Å². The minimum Gasteiger partial charge on any atom is -0.329 e. The molecule has 0 radical (unpaired) electrons. The van der Waals surface area contributed by atoms with Crippen molar-refractivity contribution in [2.45, 2.75) is 51.2 Å². The van der Waals surface area contributed by atoms with Gasteiger partial charge in [0.25, 0.3) is 0 Å². The molecule has 1 aromatic carbocycles. The fourth-order valence-electron chi connectivity index (χ4n) is 3.30. The number of nitrogens with two attached hydrogens (primary N) is 1. The van der Waals surface area contributed by atoms with Crippen molar-refractivity contribution in [2.24, 2.45) is 5.73 Å². The molecule has 1 fully saturated rings. The molecule has 1 aliphatic rings. The molecule has 2 nitrogen and oxygen atoms in total. The third-order valence-corrected chi connectivity index (χ3v) is 4.23. The van der Waals surface area contributed by atoms with E-state index in [4.69, 9.17) is 5.73 Å². The predicted molar refractivity (Wildman–Crippen MR) is 72.8 cm³/mol. The number of hydrogen-bond donors (Lipinski definition) is 1. The molecular weight excluding hydrogens is 246 g/mol. The lowest BCUT2D eigenvalue weighted by molar-refractivity contribution is 0.0539. The highest BCUT2D eigenvalue weighted by molar-refractivity contribution is 5.23. The summed E-state index contributed by atoms with van der Waals surface area (Å²) >= 11 is 0. The van der Waals surface area contributed by atoms with Gasteiger partial charge in [-0.3, -0.25) is 4.90 Å². The molecule has 0 bridgehead atoms. The van der Waals surface area contributed by atoms with Crippen molar-refractivity contribution < 1.29 is 8.78 Å². The van der Waals surface area contributed by atoms with Gasteiger partial charge in [0.05, 0.1) is 0 Å². The maximum Gasteiger partial charge on any atom is 0.130 e. The molecule has 0 aromatic heterocycles. The van der Waals surface area contributed by atoms with Crippen LogP contribution >= 0.6 is 0 Å². The fraction of sp³-hybridized carbons (Fsp3) is 0.600. The van der Waals surface area contributed by atoms with Crippen molar-refractivity contribution in [1.29, 1.82) is 0 Å². The molecule has 0 amide bonds. The number of likely N-dealkylation sites (tertiary alicyclic amines) is 1. The molecule has 4 heteroatoms. The minimum absolute atomic E-state index is 0.162. The van der Waals surface area contributed by atoms with E-state index in [0.717, 1.165) is 19.3 Å². The number of piperidine rings is 1. The summed E-state index contributed by atoms with van der Waals surface area (Å²) in [7, 11) is 0. The third kappa shape index (κ3) is 2.79. The summed E-state index contributed by atoms with van der Waals surface area (Å²) in [6.07, 6.45) is 3.18. The van der Waals surface area contributed by atoms with Gasteiger partial charge in [-0.2, -0.15) is 0 Å². The molecule has 1 heterocycles. The SMILES string of the molecule is CC1CCCC(CN)N1C(C)c1c(F)cccc1F. The molecular formula is C15H22F2N2.